The van der Waals surface area contributed by atoms with Crippen molar-refractivity contribution in [1.82, 2.24) is 20.5 Å². The highest BCUT2D eigenvalue weighted by atomic mass is 32.2. The number of H-pyrrole nitrogens is 1. The summed E-state index contributed by atoms with van der Waals surface area (Å²) in [7, 11) is 0. The standard InChI is InChI=1S/C13H20N4O2S/c1-2-19-11(18)13(9-3-4-9,16-10-5-6-10)7-20-12-14-8-15-17-12/h8-10,16H,2-7H2,1H3,(H,14,15,17). The topological polar surface area (TPSA) is 79.9 Å². The van der Waals surface area contributed by atoms with Crippen LogP contribution in [0.25, 0.3) is 0 Å². The van der Waals surface area contributed by atoms with E-state index in [0.29, 0.717) is 24.3 Å². The highest BCUT2D eigenvalue weighted by Gasteiger charge is 2.54. The Balaban J connectivity index is 1.74. The molecule has 1 heterocycles. The van der Waals surface area contributed by atoms with Gasteiger partial charge in [0.05, 0.1) is 6.61 Å². The van der Waals surface area contributed by atoms with Gasteiger partial charge in [-0.1, -0.05) is 11.8 Å². The first-order valence-corrected chi connectivity index (χ1v) is 8.16. The molecule has 6 nitrogen and oxygen atoms in total. The summed E-state index contributed by atoms with van der Waals surface area (Å²) >= 11 is 1.53. The molecule has 0 aromatic carbocycles. The summed E-state index contributed by atoms with van der Waals surface area (Å²) in [4.78, 5) is 16.6. The second-order valence-electron chi connectivity index (χ2n) is 5.46. The number of nitrogens with one attached hydrogen (secondary N) is 2. The van der Waals surface area contributed by atoms with Crippen LogP contribution >= 0.6 is 11.8 Å². The molecule has 110 valence electrons. The van der Waals surface area contributed by atoms with E-state index in [9.17, 15) is 4.79 Å². The molecule has 2 N–H and O–H groups in total. The van der Waals surface area contributed by atoms with Crippen molar-refractivity contribution in [2.45, 2.75) is 49.3 Å². The van der Waals surface area contributed by atoms with Gasteiger partial charge in [0.1, 0.15) is 11.9 Å². The highest BCUT2D eigenvalue weighted by molar-refractivity contribution is 7.99. The fourth-order valence-electron chi connectivity index (χ4n) is 2.44. The van der Waals surface area contributed by atoms with Gasteiger partial charge in [-0.25, -0.2) is 4.98 Å². The van der Waals surface area contributed by atoms with Gasteiger partial charge >= 0.3 is 5.97 Å². The normalized spacial score (nSPS) is 21.4. The van der Waals surface area contributed by atoms with Crippen LogP contribution in [0.5, 0.6) is 0 Å². The molecule has 0 radical (unpaired) electrons. The van der Waals surface area contributed by atoms with Crippen LogP contribution in [0.4, 0.5) is 0 Å². The predicted molar refractivity (Wildman–Crippen MR) is 75.4 cm³/mol. The minimum Gasteiger partial charge on any atom is -0.465 e. The number of esters is 1. The van der Waals surface area contributed by atoms with E-state index in [1.165, 1.54) is 18.1 Å². The van der Waals surface area contributed by atoms with Gasteiger partial charge in [-0.15, -0.1) is 0 Å². The number of carbonyl (C=O) groups is 1. The van der Waals surface area contributed by atoms with Crippen LogP contribution in [-0.2, 0) is 9.53 Å². The number of hydrogen-bond donors (Lipinski definition) is 2. The molecule has 2 aliphatic carbocycles. The van der Waals surface area contributed by atoms with Gasteiger partial charge in [0.15, 0.2) is 5.16 Å². The number of nitrogens with zero attached hydrogens (tertiary/aromatic N) is 2. The number of rotatable bonds is 8. The predicted octanol–water partition coefficient (Wildman–Crippen LogP) is 1.36. The third-order valence-corrected chi connectivity index (χ3v) is 4.85. The van der Waals surface area contributed by atoms with Crippen LogP contribution in [0.1, 0.15) is 32.6 Å². The van der Waals surface area contributed by atoms with Crippen LogP contribution in [0, 0.1) is 5.92 Å². The van der Waals surface area contributed by atoms with Gasteiger partial charge in [0.25, 0.3) is 0 Å². The average molecular weight is 296 g/mol. The van der Waals surface area contributed by atoms with Crippen LogP contribution in [0.3, 0.4) is 0 Å². The number of thioether (sulfide) groups is 1. The summed E-state index contributed by atoms with van der Waals surface area (Å²) < 4.78 is 5.35. The Hall–Kier alpha value is -1.08. The lowest BCUT2D eigenvalue weighted by atomic mass is 9.95. The van der Waals surface area contributed by atoms with E-state index in [0.717, 1.165) is 30.8 Å². The molecule has 1 atom stereocenters. The zero-order valence-electron chi connectivity index (χ0n) is 11.6. The lowest BCUT2D eigenvalue weighted by Gasteiger charge is -2.32. The van der Waals surface area contributed by atoms with Gasteiger partial charge in [-0.2, -0.15) is 5.10 Å². The maximum atomic E-state index is 12.5. The summed E-state index contributed by atoms with van der Waals surface area (Å²) in [5.41, 5.74) is -0.561. The second kappa shape index (κ2) is 5.73. The third kappa shape index (κ3) is 2.98. The van der Waals surface area contributed by atoms with Gasteiger partial charge in [-0.3, -0.25) is 15.2 Å². The molecule has 0 aliphatic heterocycles. The Labute approximate surface area is 122 Å². The Morgan fingerprint density at radius 2 is 2.35 bits per heavy atom. The first-order valence-electron chi connectivity index (χ1n) is 7.17. The van der Waals surface area contributed by atoms with Crippen molar-refractivity contribution < 1.29 is 9.53 Å². The zero-order chi connectivity index (χ0) is 14.0. The summed E-state index contributed by atoms with van der Waals surface area (Å²) in [6.45, 7) is 2.28. The third-order valence-electron chi connectivity index (χ3n) is 3.78. The maximum Gasteiger partial charge on any atom is 0.327 e. The molecule has 1 unspecified atom stereocenters. The fourth-order valence-corrected chi connectivity index (χ4v) is 3.48. The van der Waals surface area contributed by atoms with E-state index in [4.69, 9.17) is 4.74 Å². The van der Waals surface area contributed by atoms with Crippen LogP contribution in [0.2, 0.25) is 0 Å². The number of carbonyl (C=O) groups excluding carboxylic acids is 1. The largest absolute Gasteiger partial charge is 0.465 e. The Morgan fingerprint density at radius 3 is 2.90 bits per heavy atom. The number of aromatic amines is 1. The molecule has 2 fully saturated rings. The molecule has 0 spiro atoms. The van der Waals surface area contributed by atoms with Crippen molar-refractivity contribution in [3.05, 3.63) is 6.33 Å². The van der Waals surface area contributed by atoms with Crippen molar-refractivity contribution >= 4 is 17.7 Å². The summed E-state index contributed by atoms with van der Waals surface area (Å²) in [5.74, 6) is 0.918. The zero-order valence-corrected chi connectivity index (χ0v) is 12.4. The summed E-state index contributed by atoms with van der Waals surface area (Å²) in [6, 6.07) is 0.468. The van der Waals surface area contributed by atoms with Gasteiger partial charge in [-0.05, 0) is 38.5 Å². The van der Waals surface area contributed by atoms with E-state index >= 15 is 0 Å². The van der Waals surface area contributed by atoms with Gasteiger partial charge < -0.3 is 4.74 Å². The first kappa shape index (κ1) is 13.9. The molecule has 2 aliphatic rings. The smallest absolute Gasteiger partial charge is 0.327 e. The lowest BCUT2D eigenvalue weighted by Crippen LogP contribution is -2.58. The van der Waals surface area contributed by atoms with Crippen molar-refractivity contribution in [2.24, 2.45) is 5.92 Å². The number of aromatic nitrogens is 3. The van der Waals surface area contributed by atoms with E-state index in [-0.39, 0.29) is 5.97 Å². The van der Waals surface area contributed by atoms with E-state index in [2.05, 4.69) is 20.5 Å². The van der Waals surface area contributed by atoms with Gasteiger partial charge in [0.2, 0.25) is 0 Å². The number of hydrogen-bond acceptors (Lipinski definition) is 6. The molecule has 1 aromatic heterocycles. The highest BCUT2D eigenvalue weighted by Crippen LogP contribution is 2.44. The molecule has 1 aromatic rings. The van der Waals surface area contributed by atoms with Crippen molar-refractivity contribution in [3.8, 4) is 0 Å². The molecule has 2 saturated carbocycles. The molecule has 7 heteroatoms. The molecular weight excluding hydrogens is 276 g/mol. The summed E-state index contributed by atoms with van der Waals surface area (Å²) in [6.07, 6.45) is 5.98. The van der Waals surface area contributed by atoms with Crippen LogP contribution in [0.15, 0.2) is 11.5 Å². The van der Waals surface area contributed by atoms with E-state index in [1.54, 1.807) is 0 Å². The van der Waals surface area contributed by atoms with Crippen molar-refractivity contribution in [1.29, 1.82) is 0 Å². The Morgan fingerprint density at radius 1 is 1.55 bits per heavy atom. The molecule has 20 heavy (non-hydrogen) atoms. The van der Waals surface area contributed by atoms with Crippen molar-refractivity contribution in [3.63, 3.8) is 0 Å². The van der Waals surface area contributed by atoms with Crippen LogP contribution in [-0.4, -0.2) is 45.1 Å². The van der Waals surface area contributed by atoms with E-state index in [1.807, 2.05) is 6.92 Å². The lowest BCUT2D eigenvalue weighted by molar-refractivity contribution is -0.151. The molecular formula is C13H20N4O2S. The van der Waals surface area contributed by atoms with E-state index < -0.39 is 5.54 Å². The minimum atomic E-state index is -0.561. The fraction of sp³-hybridized carbons (Fsp3) is 0.769. The Bertz CT molecular complexity index is 459. The molecule has 0 amide bonds. The second-order valence-corrected chi connectivity index (χ2v) is 6.43. The molecule has 0 saturated heterocycles. The summed E-state index contributed by atoms with van der Waals surface area (Å²) in [5, 5.41) is 11.0. The average Bonchev–Trinajstić information content (AvgIpc) is 3.35. The maximum absolute atomic E-state index is 12.5. The first-order chi connectivity index (χ1) is 9.74. The monoisotopic (exact) mass is 296 g/mol. The Kier molecular flexibility index (Phi) is 3.98. The molecule has 0 bridgehead atoms. The molecule has 3 rings (SSSR count). The SMILES string of the molecule is CCOC(=O)C(CSc1ncn[nH]1)(NC1CC1)C1CC1. The van der Waals surface area contributed by atoms with Crippen molar-refractivity contribution in [2.75, 3.05) is 12.4 Å². The minimum absolute atomic E-state index is 0.110. The number of ether oxygens (including phenoxy) is 1. The quantitative estimate of drug-likeness (QED) is 0.557. The van der Waals surface area contributed by atoms with Gasteiger partial charge in [0, 0.05) is 11.8 Å². The van der Waals surface area contributed by atoms with Crippen LogP contribution < -0.4 is 5.32 Å².